The normalized spacial score (nSPS) is 11.4. The first-order valence-corrected chi connectivity index (χ1v) is 6.73. The van der Waals surface area contributed by atoms with Crippen LogP contribution in [0.25, 0.3) is 33.1 Å². The molecule has 0 amide bonds. The molecule has 0 aliphatic heterocycles. The average Bonchev–Trinajstić information content (AvgIpc) is 2.93. The summed E-state index contributed by atoms with van der Waals surface area (Å²) < 4.78 is 22.1. The van der Waals surface area contributed by atoms with Crippen molar-refractivity contribution in [3.05, 3.63) is 46.6 Å². The van der Waals surface area contributed by atoms with E-state index < -0.39 is 0 Å². The first-order valence-electron chi connectivity index (χ1n) is 6.73. The Morgan fingerprint density at radius 3 is 2.45 bits per heavy atom. The molecule has 0 atom stereocenters. The molecule has 4 aromatic rings. The monoisotopic (exact) mass is 296 g/mol. The Balaban J connectivity index is 2.26. The van der Waals surface area contributed by atoms with Crippen LogP contribution in [0.4, 0.5) is 0 Å². The van der Waals surface area contributed by atoms with Crippen molar-refractivity contribution in [2.24, 2.45) is 0 Å². The van der Waals surface area contributed by atoms with E-state index in [1.54, 1.807) is 25.3 Å². The second-order valence-corrected chi connectivity index (χ2v) is 4.89. The summed E-state index contributed by atoms with van der Waals surface area (Å²) in [5, 5.41) is 1.10. The van der Waals surface area contributed by atoms with Crippen LogP contribution in [0.5, 0.6) is 11.5 Å². The highest BCUT2D eigenvalue weighted by Crippen LogP contribution is 2.34. The second kappa shape index (κ2) is 4.53. The molecule has 2 aromatic heterocycles. The van der Waals surface area contributed by atoms with Gasteiger partial charge in [0.1, 0.15) is 28.1 Å². The van der Waals surface area contributed by atoms with Crippen LogP contribution in [-0.2, 0) is 0 Å². The summed E-state index contributed by atoms with van der Waals surface area (Å²) in [5.74, 6) is 0.949. The number of methoxy groups -OCH3 is 2. The van der Waals surface area contributed by atoms with Crippen molar-refractivity contribution in [1.82, 2.24) is 0 Å². The molecule has 0 fully saturated rings. The summed E-state index contributed by atoms with van der Waals surface area (Å²) in [6.07, 6.45) is 0. The Hall–Kier alpha value is -2.95. The molecule has 5 nitrogen and oxygen atoms in total. The molecule has 0 aliphatic rings. The lowest BCUT2D eigenvalue weighted by atomic mass is 10.1. The predicted molar refractivity (Wildman–Crippen MR) is 82.9 cm³/mol. The van der Waals surface area contributed by atoms with Crippen molar-refractivity contribution in [2.75, 3.05) is 14.2 Å². The van der Waals surface area contributed by atoms with E-state index in [0.717, 1.165) is 5.39 Å². The maximum absolute atomic E-state index is 12.8. The van der Waals surface area contributed by atoms with Gasteiger partial charge in [0.25, 0.3) is 0 Å². The van der Waals surface area contributed by atoms with E-state index in [0.29, 0.717) is 33.6 Å². The predicted octanol–water partition coefficient (Wildman–Crippen LogP) is 3.71. The third-order valence-electron chi connectivity index (χ3n) is 3.69. The lowest BCUT2D eigenvalue weighted by Crippen LogP contribution is -2.03. The van der Waals surface area contributed by atoms with Gasteiger partial charge in [-0.05, 0) is 12.1 Å². The van der Waals surface area contributed by atoms with Gasteiger partial charge in [0.2, 0.25) is 11.0 Å². The SMILES string of the molecule is COc1cc(OC)c2c(=O)c3oc4ccccc4c3oc2c1. The van der Waals surface area contributed by atoms with Gasteiger partial charge in [0.05, 0.1) is 19.6 Å². The van der Waals surface area contributed by atoms with Crippen LogP contribution in [0.1, 0.15) is 0 Å². The van der Waals surface area contributed by atoms with Gasteiger partial charge < -0.3 is 18.3 Å². The molecule has 22 heavy (non-hydrogen) atoms. The number of fused-ring (bicyclic) bond motifs is 4. The van der Waals surface area contributed by atoms with Gasteiger partial charge in [-0.2, -0.15) is 0 Å². The zero-order valence-corrected chi connectivity index (χ0v) is 12.0. The summed E-state index contributed by atoms with van der Waals surface area (Å²) in [4.78, 5) is 12.8. The third-order valence-corrected chi connectivity index (χ3v) is 3.69. The number of benzene rings is 2. The maximum Gasteiger partial charge on any atom is 0.239 e. The van der Waals surface area contributed by atoms with Crippen molar-refractivity contribution in [3.8, 4) is 11.5 Å². The molecule has 0 radical (unpaired) electrons. The van der Waals surface area contributed by atoms with Crippen LogP contribution in [0.3, 0.4) is 0 Å². The van der Waals surface area contributed by atoms with E-state index in [1.807, 2.05) is 18.2 Å². The minimum absolute atomic E-state index is 0.192. The zero-order valence-electron chi connectivity index (χ0n) is 12.0. The Labute approximate surface area is 124 Å². The molecule has 110 valence electrons. The molecule has 4 rings (SSSR count). The summed E-state index contributed by atoms with van der Waals surface area (Å²) in [6, 6.07) is 10.7. The molecule has 5 heteroatoms. The Morgan fingerprint density at radius 2 is 1.68 bits per heavy atom. The molecular weight excluding hydrogens is 284 g/mol. The number of hydrogen-bond acceptors (Lipinski definition) is 5. The molecule has 0 saturated heterocycles. The van der Waals surface area contributed by atoms with Gasteiger partial charge in [-0.1, -0.05) is 12.1 Å². The van der Waals surface area contributed by atoms with Crippen molar-refractivity contribution in [2.45, 2.75) is 0 Å². The molecule has 0 unspecified atom stereocenters. The number of furan rings is 1. The molecule has 0 saturated carbocycles. The highest BCUT2D eigenvalue weighted by atomic mass is 16.5. The van der Waals surface area contributed by atoms with Gasteiger partial charge in [-0.25, -0.2) is 0 Å². The summed E-state index contributed by atoms with van der Waals surface area (Å²) >= 11 is 0. The quantitative estimate of drug-likeness (QED) is 0.564. The number of ether oxygens (including phenoxy) is 2. The molecular formula is C17H12O5. The Bertz CT molecular complexity index is 1070. The van der Waals surface area contributed by atoms with Crippen LogP contribution in [-0.4, -0.2) is 14.2 Å². The van der Waals surface area contributed by atoms with E-state index in [4.69, 9.17) is 18.3 Å². The van der Waals surface area contributed by atoms with Gasteiger partial charge >= 0.3 is 0 Å². The highest BCUT2D eigenvalue weighted by Gasteiger charge is 2.19. The van der Waals surface area contributed by atoms with Crippen molar-refractivity contribution in [3.63, 3.8) is 0 Å². The first kappa shape index (κ1) is 12.8. The Kier molecular flexibility index (Phi) is 2.63. The van der Waals surface area contributed by atoms with E-state index in [2.05, 4.69) is 0 Å². The largest absolute Gasteiger partial charge is 0.496 e. The third kappa shape index (κ3) is 1.62. The molecule has 0 N–H and O–H groups in total. The smallest absolute Gasteiger partial charge is 0.239 e. The fourth-order valence-corrected chi connectivity index (χ4v) is 2.65. The number of para-hydroxylation sites is 1. The van der Waals surface area contributed by atoms with Crippen LogP contribution >= 0.6 is 0 Å². The van der Waals surface area contributed by atoms with Gasteiger partial charge in [-0.3, -0.25) is 4.79 Å². The van der Waals surface area contributed by atoms with Crippen LogP contribution in [0, 0.1) is 0 Å². The van der Waals surface area contributed by atoms with E-state index in [1.165, 1.54) is 7.11 Å². The number of hydrogen-bond donors (Lipinski definition) is 0. The van der Waals surface area contributed by atoms with E-state index in [-0.39, 0.29) is 11.0 Å². The first-order chi connectivity index (χ1) is 10.7. The minimum atomic E-state index is -0.257. The van der Waals surface area contributed by atoms with Gasteiger partial charge in [0, 0.05) is 12.1 Å². The molecule has 2 aromatic carbocycles. The van der Waals surface area contributed by atoms with Crippen molar-refractivity contribution >= 4 is 33.1 Å². The van der Waals surface area contributed by atoms with E-state index in [9.17, 15) is 4.79 Å². The van der Waals surface area contributed by atoms with Gasteiger partial charge in [0.15, 0.2) is 5.58 Å². The molecule has 0 spiro atoms. The summed E-state index contributed by atoms with van der Waals surface area (Å²) in [7, 11) is 3.04. The van der Waals surface area contributed by atoms with Crippen LogP contribution in [0.15, 0.2) is 50.0 Å². The minimum Gasteiger partial charge on any atom is -0.496 e. The summed E-state index contributed by atoms with van der Waals surface area (Å²) in [6.45, 7) is 0. The fourth-order valence-electron chi connectivity index (χ4n) is 2.65. The van der Waals surface area contributed by atoms with Gasteiger partial charge in [-0.15, -0.1) is 0 Å². The Morgan fingerprint density at radius 1 is 0.909 bits per heavy atom. The molecule has 0 aliphatic carbocycles. The average molecular weight is 296 g/mol. The lowest BCUT2D eigenvalue weighted by Gasteiger charge is -2.07. The molecule has 2 heterocycles. The molecule has 0 bridgehead atoms. The van der Waals surface area contributed by atoms with Crippen LogP contribution in [0.2, 0.25) is 0 Å². The maximum atomic E-state index is 12.8. The topological polar surface area (TPSA) is 61.8 Å². The zero-order chi connectivity index (χ0) is 15.3. The van der Waals surface area contributed by atoms with Crippen molar-refractivity contribution in [1.29, 1.82) is 0 Å². The second-order valence-electron chi connectivity index (χ2n) is 4.89. The van der Waals surface area contributed by atoms with Crippen LogP contribution < -0.4 is 14.9 Å². The van der Waals surface area contributed by atoms with E-state index >= 15 is 0 Å². The fraction of sp³-hybridized carbons (Fsp3) is 0.118. The number of rotatable bonds is 2. The highest BCUT2D eigenvalue weighted by molar-refractivity contribution is 6.04. The lowest BCUT2D eigenvalue weighted by molar-refractivity contribution is 0.396. The summed E-state index contributed by atoms with van der Waals surface area (Å²) in [5.41, 5.74) is 1.38. The van der Waals surface area contributed by atoms with Crippen molar-refractivity contribution < 1.29 is 18.3 Å². The standard InChI is InChI=1S/C17H12O5/c1-19-9-7-12(20-2)14-13(8-9)22-16-10-5-3-4-6-11(10)21-17(16)15(14)18/h3-8H,1-2H3.